The molecule has 6 nitrogen and oxygen atoms in total. The van der Waals surface area contributed by atoms with Crippen molar-refractivity contribution in [2.45, 2.75) is 64.2 Å². The molecule has 0 aliphatic rings. The van der Waals surface area contributed by atoms with Crippen LogP contribution >= 0.6 is 0 Å². The first-order valence-electron chi connectivity index (χ1n) is 9.49. The van der Waals surface area contributed by atoms with Gasteiger partial charge in [0.25, 0.3) is 0 Å². The van der Waals surface area contributed by atoms with Crippen LogP contribution in [-0.2, 0) is 9.53 Å². The number of rotatable bonds is 18. The van der Waals surface area contributed by atoms with E-state index in [1.807, 2.05) is 0 Å². The molecule has 6 heteroatoms. The summed E-state index contributed by atoms with van der Waals surface area (Å²) in [6.45, 7) is 0.401. The lowest BCUT2D eigenvalue weighted by Gasteiger charge is -2.00. The van der Waals surface area contributed by atoms with Gasteiger partial charge in [-0.25, -0.2) is 4.79 Å². The van der Waals surface area contributed by atoms with Crippen LogP contribution in [0.2, 0.25) is 0 Å². The van der Waals surface area contributed by atoms with E-state index in [-0.39, 0.29) is 18.1 Å². The van der Waals surface area contributed by atoms with E-state index in [4.69, 9.17) is 9.84 Å². The van der Waals surface area contributed by atoms with Gasteiger partial charge in [0.2, 0.25) is 6.54 Å². The number of hydrogen-bond acceptors (Lipinski definition) is 4. The minimum Gasteiger partial charge on any atom is -0.480 e. The second-order valence-corrected chi connectivity index (χ2v) is 6.09. The molecule has 0 fully saturated rings. The van der Waals surface area contributed by atoms with Gasteiger partial charge in [-0.2, -0.15) is 0 Å². The summed E-state index contributed by atoms with van der Waals surface area (Å²) in [5, 5.41) is 18.6. The fraction of sp³-hybridized carbons (Fsp3) is 0.650. The molecule has 26 heavy (non-hydrogen) atoms. The molecule has 0 bridgehead atoms. The van der Waals surface area contributed by atoms with Crippen molar-refractivity contribution in [3.8, 4) is 0 Å². The van der Waals surface area contributed by atoms with E-state index >= 15 is 0 Å². The lowest BCUT2D eigenvalue weighted by Crippen LogP contribution is -2.07. The summed E-state index contributed by atoms with van der Waals surface area (Å²) in [7, 11) is 0. The molecule has 148 valence electrons. The summed E-state index contributed by atoms with van der Waals surface area (Å²) < 4.78 is 4.97. The average molecular weight is 367 g/mol. The van der Waals surface area contributed by atoms with Crippen LogP contribution in [0.15, 0.2) is 36.5 Å². The lowest BCUT2D eigenvalue weighted by molar-refractivity contribution is -0.480. The Labute approximate surface area is 156 Å². The standard InChI is InChI=1S/C20H33NO5/c22-20(23)19-26-18-16-14-12-10-8-6-4-2-1-3-5-7-9-11-13-15-17-21(24)25/h1-2,5-8H,3-4,9-19H2,(H,22,23). The Balaban J connectivity index is 3.31. The van der Waals surface area contributed by atoms with Gasteiger partial charge in [-0.05, 0) is 51.4 Å². The van der Waals surface area contributed by atoms with Crippen LogP contribution in [0, 0.1) is 10.1 Å². The summed E-state index contributed by atoms with van der Waals surface area (Å²) >= 11 is 0. The largest absolute Gasteiger partial charge is 0.480 e. The Bertz CT molecular complexity index is 443. The van der Waals surface area contributed by atoms with Crippen molar-refractivity contribution < 1.29 is 19.6 Å². The molecule has 1 N–H and O–H groups in total. The number of hydrogen-bond donors (Lipinski definition) is 1. The van der Waals surface area contributed by atoms with Crippen LogP contribution in [0.3, 0.4) is 0 Å². The number of nitrogens with zero attached hydrogens (tertiary/aromatic N) is 1. The normalized spacial score (nSPS) is 11.8. The first-order valence-corrected chi connectivity index (χ1v) is 9.49. The number of aliphatic carboxylic acids is 1. The molecule has 0 aliphatic carbocycles. The second kappa shape index (κ2) is 19.4. The molecule has 0 radical (unpaired) electrons. The number of carbonyl (C=O) groups is 1. The number of carboxylic acid groups (broad SMARTS) is 1. The van der Waals surface area contributed by atoms with Gasteiger partial charge < -0.3 is 9.84 Å². The zero-order valence-electron chi connectivity index (χ0n) is 15.7. The maximum atomic E-state index is 10.2. The predicted molar refractivity (Wildman–Crippen MR) is 104 cm³/mol. The van der Waals surface area contributed by atoms with Gasteiger partial charge in [0.1, 0.15) is 6.61 Å². The third kappa shape index (κ3) is 22.1. The maximum absolute atomic E-state index is 10.2. The van der Waals surface area contributed by atoms with Crippen molar-refractivity contribution in [2.75, 3.05) is 19.8 Å². The summed E-state index contributed by atoms with van der Waals surface area (Å²) in [6.07, 6.45) is 22.5. The second-order valence-electron chi connectivity index (χ2n) is 6.09. The molecule has 0 amide bonds. The molecule has 0 rings (SSSR count). The highest BCUT2D eigenvalue weighted by atomic mass is 16.6. The molecule has 0 unspecified atom stereocenters. The van der Waals surface area contributed by atoms with E-state index < -0.39 is 5.97 Å². The SMILES string of the molecule is O=C(O)COCCCCCC=CCC=CCC=CCCCCC[N+](=O)[O-]. The Kier molecular flexibility index (Phi) is 17.9. The average Bonchev–Trinajstić information content (AvgIpc) is 2.59. The molecule has 0 aliphatic heterocycles. The lowest BCUT2D eigenvalue weighted by atomic mass is 10.1. The summed E-state index contributed by atoms with van der Waals surface area (Å²) in [6, 6.07) is 0. The molecule has 0 spiro atoms. The molecular weight excluding hydrogens is 334 g/mol. The Hall–Kier alpha value is -1.95. The van der Waals surface area contributed by atoms with Crippen LogP contribution in [0.1, 0.15) is 64.2 Å². The van der Waals surface area contributed by atoms with Crippen molar-refractivity contribution in [3.63, 3.8) is 0 Å². The van der Waals surface area contributed by atoms with Gasteiger partial charge >= 0.3 is 5.97 Å². The number of allylic oxidation sites excluding steroid dienone is 6. The van der Waals surface area contributed by atoms with Crippen molar-refractivity contribution in [1.29, 1.82) is 0 Å². The Morgan fingerprint density at radius 1 is 0.846 bits per heavy atom. The third-order valence-electron chi connectivity index (χ3n) is 3.64. The van der Waals surface area contributed by atoms with Gasteiger partial charge in [0, 0.05) is 18.0 Å². The Morgan fingerprint density at radius 2 is 1.38 bits per heavy atom. The van der Waals surface area contributed by atoms with Crippen LogP contribution in [0.25, 0.3) is 0 Å². The van der Waals surface area contributed by atoms with Gasteiger partial charge in [-0.1, -0.05) is 42.9 Å². The van der Waals surface area contributed by atoms with Crippen molar-refractivity contribution in [3.05, 3.63) is 46.6 Å². The summed E-state index contributed by atoms with van der Waals surface area (Å²) in [5.41, 5.74) is 0. The quantitative estimate of drug-likeness (QED) is 0.160. The smallest absolute Gasteiger partial charge is 0.329 e. The van der Waals surface area contributed by atoms with E-state index in [1.54, 1.807) is 0 Å². The number of carboxylic acids is 1. The minimum absolute atomic E-state index is 0.0845. The van der Waals surface area contributed by atoms with Gasteiger partial charge in [-0.3, -0.25) is 10.1 Å². The van der Waals surface area contributed by atoms with Crippen LogP contribution < -0.4 is 0 Å². The molecular formula is C20H33NO5. The molecule has 0 aromatic heterocycles. The molecule has 0 saturated carbocycles. The van der Waals surface area contributed by atoms with Crippen molar-refractivity contribution in [1.82, 2.24) is 0 Å². The predicted octanol–water partition coefficient (Wildman–Crippen LogP) is 4.93. The molecule has 0 saturated heterocycles. The van der Waals surface area contributed by atoms with Gasteiger partial charge in [-0.15, -0.1) is 0 Å². The third-order valence-corrected chi connectivity index (χ3v) is 3.64. The monoisotopic (exact) mass is 367 g/mol. The first-order chi connectivity index (χ1) is 12.6. The van der Waals surface area contributed by atoms with Gasteiger partial charge in [0.15, 0.2) is 0 Å². The van der Waals surface area contributed by atoms with Crippen LogP contribution in [0.5, 0.6) is 0 Å². The Morgan fingerprint density at radius 3 is 1.92 bits per heavy atom. The van der Waals surface area contributed by atoms with Gasteiger partial charge in [0.05, 0.1) is 0 Å². The highest BCUT2D eigenvalue weighted by Crippen LogP contribution is 2.03. The molecule has 0 atom stereocenters. The zero-order valence-corrected chi connectivity index (χ0v) is 15.7. The summed E-state index contributed by atoms with van der Waals surface area (Å²) in [5.74, 6) is -0.915. The van der Waals surface area contributed by atoms with Crippen molar-refractivity contribution in [2.24, 2.45) is 0 Å². The fourth-order valence-electron chi connectivity index (χ4n) is 2.26. The summed E-state index contributed by atoms with van der Waals surface area (Å²) in [4.78, 5) is 20.1. The van der Waals surface area contributed by atoms with Crippen LogP contribution in [-0.4, -0.2) is 35.8 Å². The highest BCUT2D eigenvalue weighted by molar-refractivity contribution is 5.67. The maximum Gasteiger partial charge on any atom is 0.329 e. The highest BCUT2D eigenvalue weighted by Gasteiger charge is 1.95. The first kappa shape index (κ1) is 24.1. The number of ether oxygens (including phenoxy) is 1. The van der Waals surface area contributed by atoms with E-state index in [0.29, 0.717) is 13.0 Å². The molecule has 0 aromatic carbocycles. The fourth-order valence-corrected chi connectivity index (χ4v) is 2.26. The molecule has 0 heterocycles. The number of unbranched alkanes of at least 4 members (excludes halogenated alkanes) is 6. The van der Waals surface area contributed by atoms with Crippen molar-refractivity contribution >= 4 is 5.97 Å². The van der Waals surface area contributed by atoms with E-state index in [1.165, 1.54) is 0 Å². The van der Waals surface area contributed by atoms with E-state index in [2.05, 4.69) is 36.5 Å². The van der Waals surface area contributed by atoms with E-state index in [9.17, 15) is 14.9 Å². The number of nitro groups is 1. The zero-order chi connectivity index (χ0) is 19.3. The van der Waals surface area contributed by atoms with E-state index in [0.717, 1.165) is 57.8 Å². The van der Waals surface area contributed by atoms with Crippen LogP contribution in [0.4, 0.5) is 0 Å². The topological polar surface area (TPSA) is 89.7 Å². The minimum atomic E-state index is -0.915. The molecule has 0 aromatic rings.